The van der Waals surface area contributed by atoms with Crippen molar-refractivity contribution in [2.75, 3.05) is 20.3 Å². The molecule has 2 aromatic carbocycles. The second kappa shape index (κ2) is 11.5. The van der Waals surface area contributed by atoms with Crippen LogP contribution in [-0.2, 0) is 24.2 Å². The number of unbranched alkanes of at least 4 members (excludes halogenated alkanes) is 1. The van der Waals surface area contributed by atoms with Gasteiger partial charge >= 0.3 is 0 Å². The summed E-state index contributed by atoms with van der Waals surface area (Å²) in [5.74, 6) is 0.0439. The summed E-state index contributed by atoms with van der Waals surface area (Å²) in [6, 6.07) is 20.8. The molecule has 0 N–H and O–H groups in total. The summed E-state index contributed by atoms with van der Waals surface area (Å²) in [5.41, 5.74) is 5.65. The topological polar surface area (TPSA) is 34.5 Å². The minimum atomic E-state index is 0.0439. The van der Waals surface area contributed by atoms with Crippen LogP contribution >= 0.6 is 0 Å². The molecule has 0 spiro atoms. The van der Waals surface area contributed by atoms with Crippen LogP contribution < -0.4 is 0 Å². The Hall–Kier alpha value is -2.85. The van der Waals surface area contributed by atoms with Gasteiger partial charge in [0, 0.05) is 37.7 Å². The first-order valence-electron chi connectivity index (χ1n) is 11.2. The van der Waals surface area contributed by atoms with Gasteiger partial charge in [0.2, 0.25) is 0 Å². The Balaban J connectivity index is 1.74. The van der Waals surface area contributed by atoms with Crippen LogP contribution in [0.2, 0.25) is 0 Å². The van der Waals surface area contributed by atoms with Crippen LogP contribution in [0.25, 0.3) is 0 Å². The van der Waals surface area contributed by atoms with E-state index in [0.29, 0.717) is 19.7 Å². The van der Waals surface area contributed by atoms with E-state index in [4.69, 9.17) is 4.74 Å². The number of amides is 1. The van der Waals surface area contributed by atoms with Gasteiger partial charge in [0.15, 0.2) is 0 Å². The SMILES string of the molecule is CCCCc1ccc(C(=O)N(CCOC)Cc2cccn2Cc2cccc(C)c2)cc1. The average molecular weight is 419 g/mol. The minimum Gasteiger partial charge on any atom is -0.383 e. The Labute approximate surface area is 186 Å². The highest BCUT2D eigenvalue weighted by Crippen LogP contribution is 2.15. The Bertz CT molecular complexity index is 959. The van der Waals surface area contributed by atoms with Crippen molar-refractivity contribution in [2.24, 2.45) is 0 Å². The maximum Gasteiger partial charge on any atom is 0.254 e. The molecule has 0 saturated heterocycles. The smallest absolute Gasteiger partial charge is 0.254 e. The van der Waals surface area contributed by atoms with Crippen LogP contribution in [-0.4, -0.2) is 35.6 Å². The fourth-order valence-electron chi connectivity index (χ4n) is 3.78. The summed E-state index contributed by atoms with van der Waals surface area (Å²) in [4.78, 5) is 15.2. The summed E-state index contributed by atoms with van der Waals surface area (Å²) in [6.45, 7) is 6.72. The number of aryl methyl sites for hydroxylation is 2. The number of ether oxygens (including phenoxy) is 1. The largest absolute Gasteiger partial charge is 0.383 e. The Morgan fingerprint density at radius 2 is 1.84 bits per heavy atom. The number of hydrogen-bond donors (Lipinski definition) is 0. The van der Waals surface area contributed by atoms with Gasteiger partial charge < -0.3 is 14.2 Å². The molecule has 0 unspecified atom stereocenters. The van der Waals surface area contributed by atoms with Gasteiger partial charge in [0.1, 0.15) is 0 Å². The van der Waals surface area contributed by atoms with Crippen molar-refractivity contribution in [2.45, 2.75) is 46.2 Å². The first kappa shape index (κ1) is 22.8. The van der Waals surface area contributed by atoms with E-state index < -0.39 is 0 Å². The molecule has 3 rings (SSSR count). The molecule has 164 valence electrons. The summed E-state index contributed by atoms with van der Waals surface area (Å²) >= 11 is 0. The lowest BCUT2D eigenvalue weighted by molar-refractivity contribution is 0.0676. The Kier molecular flexibility index (Phi) is 8.48. The van der Waals surface area contributed by atoms with Crippen LogP contribution in [0.4, 0.5) is 0 Å². The van der Waals surface area contributed by atoms with Crippen LogP contribution in [0.1, 0.15) is 52.5 Å². The standard InChI is InChI=1S/C27H34N2O2/c1-4-5-9-23-12-14-25(15-13-23)27(30)29(17-18-31-3)21-26-11-7-16-28(26)20-24-10-6-8-22(2)19-24/h6-8,10-16,19H,4-5,9,17-18,20-21H2,1-3H3. The van der Waals surface area contributed by atoms with Crippen molar-refractivity contribution in [1.29, 1.82) is 0 Å². The molecule has 0 aliphatic rings. The number of hydrogen-bond acceptors (Lipinski definition) is 2. The monoisotopic (exact) mass is 418 g/mol. The van der Waals surface area contributed by atoms with Gasteiger partial charge in [-0.25, -0.2) is 0 Å². The molecule has 31 heavy (non-hydrogen) atoms. The number of carbonyl (C=O) groups excluding carboxylic acids is 1. The van der Waals surface area contributed by atoms with Crippen molar-refractivity contribution in [3.05, 3.63) is 94.8 Å². The van der Waals surface area contributed by atoms with Gasteiger partial charge in [-0.15, -0.1) is 0 Å². The zero-order valence-corrected chi connectivity index (χ0v) is 19.0. The highest BCUT2D eigenvalue weighted by molar-refractivity contribution is 5.94. The van der Waals surface area contributed by atoms with E-state index in [9.17, 15) is 4.79 Å². The molecule has 0 saturated carbocycles. The lowest BCUT2D eigenvalue weighted by atomic mass is 10.1. The van der Waals surface area contributed by atoms with Crippen molar-refractivity contribution in [3.8, 4) is 0 Å². The first-order chi connectivity index (χ1) is 15.1. The summed E-state index contributed by atoms with van der Waals surface area (Å²) < 4.78 is 7.50. The predicted octanol–water partition coefficient (Wildman–Crippen LogP) is 5.48. The fourth-order valence-corrected chi connectivity index (χ4v) is 3.78. The minimum absolute atomic E-state index is 0.0439. The fraction of sp³-hybridized carbons (Fsp3) is 0.370. The summed E-state index contributed by atoms with van der Waals surface area (Å²) in [5, 5.41) is 0. The number of nitrogens with zero attached hydrogens (tertiary/aromatic N) is 2. The van der Waals surface area contributed by atoms with E-state index in [1.54, 1.807) is 7.11 Å². The van der Waals surface area contributed by atoms with Crippen molar-refractivity contribution in [1.82, 2.24) is 9.47 Å². The molecule has 0 aliphatic heterocycles. The van der Waals surface area contributed by atoms with Gasteiger partial charge in [0.25, 0.3) is 5.91 Å². The molecular weight excluding hydrogens is 384 g/mol. The first-order valence-corrected chi connectivity index (χ1v) is 11.2. The second-order valence-electron chi connectivity index (χ2n) is 8.14. The maximum absolute atomic E-state index is 13.3. The normalized spacial score (nSPS) is 10.9. The van der Waals surface area contributed by atoms with Crippen molar-refractivity contribution in [3.63, 3.8) is 0 Å². The number of methoxy groups -OCH3 is 1. The third-order valence-electron chi connectivity index (χ3n) is 5.58. The molecular formula is C27H34N2O2. The highest BCUT2D eigenvalue weighted by atomic mass is 16.5. The molecule has 1 aromatic heterocycles. The van der Waals surface area contributed by atoms with E-state index in [1.807, 2.05) is 23.1 Å². The van der Waals surface area contributed by atoms with E-state index in [2.05, 4.69) is 67.1 Å². The van der Waals surface area contributed by atoms with Gasteiger partial charge in [0.05, 0.1) is 13.2 Å². The number of benzene rings is 2. The Morgan fingerprint density at radius 1 is 1.03 bits per heavy atom. The molecule has 0 atom stereocenters. The predicted molar refractivity (Wildman–Crippen MR) is 126 cm³/mol. The number of carbonyl (C=O) groups is 1. The lowest BCUT2D eigenvalue weighted by Crippen LogP contribution is -2.34. The van der Waals surface area contributed by atoms with Crippen molar-refractivity contribution < 1.29 is 9.53 Å². The van der Waals surface area contributed by atoms with Gasteiger partial charge in [-0.1, -0.05) is 55.3 Å². The van der Waals surface area contributed by atoms with Gasteiger partial charge in [-0.2, -0.15) is 0 Å². The molecule has 3 aromatic rings. The van der Waals surface area contributed by atoms with Gasteiger partial charge in [-0.3, -0.25) is 4.79 Å². The van der Waals surface area contributed by atoms with Crippen LogP contribution in [0.5, 0.6) is 0 Å². The zero-order valence-electron chi connectivity index (χ0n) is 19.0. The molecule has 1 amide bonds. The molecule has 1 heterocycles. The molecule has 0 aliphatic carbocycles. The van der Waals surface area contributed by atoms with E-state index >= 15 is 0 Å². The molecule has 0 bridgehead atoms. The molecule has 0 fully saturated rings. The van der Waals surface area contributed by atoms with E-state index in [-0.39, 0.29) is 5.91 Å². The highest BCUT2D eigenvalue weighted by Gasteiger charge is 2.17. The number of aromatic nitrogens is 1. The van der Waals surface area contributed by atoms with Crippen LogP contribution in [0, 0.1) is 6.92 Å². The van der Waals surface area contributed by atoms with Gasteiger partial charge in [-0.05, 0) is 55.2 Å². The van der Waals surface area contributed by atoms with Crippen molar-refractivity contribution >= 4 is 5.91 Å². The summed E-state index contributed by atoms with van der Waals surface area (Å²) in [7, 11) is 1.67. The van der Waals surface area contributed by atoms with E-state index in [1.165, 1.54) is 29.5 Å². The Morgan fingerprint density at radius 3 is 2.55 bits per heavy atom. The van der Waals surface area contributed by atoms with E-state index in [0.717, 1.165) is 24.2 Å². The molecule has 0 radical (unpaired) electrons. The number of rotatable bonds is 11. The maximum atomic E-state index is 13.3. The summed E-state index contributed by atoms with van der Waals surface area (Å²) in [6.07, 6.45) is 5.49. The quantitative estimate of drug-likeness (QED) is 0.413. The zero-order chi connectivity index (χ0) is 22.1. The van der Waals surface area contributed by atoms with Crippen LogP contribution in [0.3, 0.4) is 0 Å². The molecule has 4 nitrogen and oxygen atoms in total. The van der Waals surface area contributed by atoms with Crippen LogP contribution in [0.15, 0.2) is 66.9 Å². The third-order valence-corrected chi connectivity index (χ3v) is 5.58. The average Bonchev–Trinajstić information content (AvgIpc) is 3.21. The molecule has 4 heteroatoms. The lowest BCUT2D eigenvalue weighted by Gasteiger charge is -2.24. The second-order valence-corrected chi connectivity index (χ2v) is 8.14. The third kappa shape index (κ3) is 6.56.